The Morgan fingerprint density at radius 2 is 1.75 bits per heavy atom. The Morgan fingerprint density at radius 3 is 2.42 bits per heavy atom. The third-order valence-corrected chi connectivity index (χ3v) is 6.71. The summed E-state index contributed by atoms with van der Waals surface area (Å²) in [6.07, 6.45) is 1.53. The van der Waals surface area contributed by atoms with E-state index in [1.165, 1.54) is 38.5 Å². The van der Waals surface area contributed by atoms with Crippen LogP contribution in [0.5, 0.6) is 23.0 Å². The van der Waals surface area contributed by atoms with Gasteiger partial charge in [-0.2, -0.15) is 0 Å². The van der Waals surface area contributed by atoms with Gasteiger partial charge < -0.3 is 18.9 Å². The summed E-state index contributed by atoms with van der Waals surface area (Å²) in [6, 6.07) is 15.1. The van der Waals surface area contributed by atoms with E-state index in [0.29, 0.717) is 16.3 Å². The lowest BCUT2D eigenvalue weighted by atomic mass is 10.1. The molecule has 3 aromatic carbocycles. The molecule has 0 unspecified atom stereocenters. The van der Waals surface area contributed by atoms with Gasteiger partial charge in [-0.25, -0.2) is 4.79 Å². The molecule has 2 amide bonds. The lowest BCUT2D eigenvalue weighted by Gasteiger charge is -2.13. The lowest BCUT2D eigenvalue weighted by Crippen LogP contribution is -2.32. The van der Waals surface area contributed by atoms with Crippen LogP contribution in [0, 0.1) is 10.1 Å². The second-order valence-electron chi connectivity index (χ2n) is 8.08. The fourth-order valence-electron chi connectivity index (χ4n) is 3.60. The molecule has 3 aromatic rings. The van der Waals surface area contributed by atoms with Gasteiger partial charge >= 0.3 is 11.7 Å². The predicted octanol–water partition coefficient (Wildman–Crippen LogP) is 5.95. The molecule has 1 heterocycles. The van der Waals surface area contributed by atoms with Crippen molar-refractivity contribution in [2.45, 2.75) is 0 Å². The molecule has 0 spiro atoms. The SMILES string of the molecule is COC(=O)c1ccc(Oc2ccc(/C=C3\SC(=O)N(CCOc4ccc(Cl)cc4)C3=O)cc2OC)c([N+](=O)[O-])c1. The topological polar surface area (TPSA) is 135 Å². The molecule has 0 bridgehead atoms. The minimum absolute atomic E-state index is 0.00523. The minimum atomic E-state index is -0.727. The van der Waals surface area contributed by atoms with Gasteiger partial charge in [0.05, 0.1) is 36.2 Å². The van der Waals surface area contributed by atoms with Crippen LogP contribution in [-0.4, -0.2) is 54.3 Å². The number of carbonyl (C=O) groups is 3. The van der Waals surface area contributed by atoms with E-state index in [2.05, 4.69) is 4.74 Å². The average Bonchev–Trinajstić information content (AvgIpc) is 3.21. The summed E-state index contributed by atoms with van der Waals surface area (Å²) in [5.41, 5.74) is 0.0831. The molecule has 0 saturated carbocycles. The first-order valence-corrected chi connectivity index (χ1v) is 12.8. The van der Waals surface area contributed by atoms with Gasteiger partial charge in [-0.15, -0.1) is 0 Å². The number of imide groups is 1. The zero-order chi connectivity index (χ0) is 28.8. The number of nitrogens with zero attached hydrogens (tertiary/aromatic N) is 2. The van der Waals surface area contributed by atoms with Crippen LogP contribution in [0.2, 0.25) is 5.02 Å². The highest BCUT2D eigenvalue weighted by atomic mass is 35.5. The van der Waals surface area contributed by atoms with Gasteiger partial charge in [-0.3, -0.25) is 24.6 Å². The first kappa shape index (κ1) is 28.5. The number of carbonyl (C=O) groups excluding carboxylic acids is 3. The zero-order valence-electron chi connectivity index (χ0n) is 21.1. The Hall–Kier alpha value is -4.55. The van der Waals surface area contributed by atoms with Crippen LogP contribution >= 0.6 is 23.4 Å². The number of methoxy groups -OCH3 is 2. The van der Waals surface area contributed by atoms with E-state index < -0.39 is 27.7 Å². The molecule has 1 fully saturated rings. The van der Waals surface area contributed by atoms with Gasteiger partial charge in [-0.1, -0.05) is 17.7 Å². The van der Waals surface area contributed by atoms with Gasteiger partial charge in [0.25, 0.3) is 11.1 Å². The third-order valence-electron chi connectivity index (χ3n) is 5.55. The number of rotatable bonds is 10. The Balaban J connectivity index is 1.48. The monoisotopic (exact) mass is 584 g/mol. The van der Waals surface area contributed by atoms with Crippen molar-refractivity contribution in [2.24, 2.45) is 0 Å². The summed E-state index contributed by atoms with van der Waals surface area (Å²) < 4.78 is 21.3. The van der Waals surface area contributed by atoms with Gasteiger partial charge in [0.1, 0.15) is 12.4 Å². The molecule has 11 nitrogen and oxygen atoms in total. The Labute approximate surface area is 237 Å². The number of benzene rings is 3. The summed E-state index contributed by atoms with van der Waals surface area (Å²) in [6.45, 7) is 0.174. The number of nitro groups is 1. The number of amides is 2. The first-order chi connectivity index (χ1) is 19.2. The number of nitro benzene ring substituents is 1. The normalized spacial score (nSPS) is 13.9. The summed E-state index contributed by atoms with van der Waals surface area (Å²) in [5.74, 6) is -0.376. The van der Waals surface area contributed by atoms with E-state index in [4.69, 9.17) is 25.8 Å². The largest absolute Gasteiger partial charge is 0.493 e. The van der Waals surface area contributed by atoms with Crippen molar-refractivity contribution in [3.8, 4) is 23.0 Å². The molecule has 1 aliphatic rings. The van der Waals surface area contributed by atoms with Crippen LogP contribution in [0.3, 0.4) is 0 Å². The molecule has 0 aromatic heterocycles. The quantitative estimate of drug-likeness (QED) is 0.122. The number of hydrogen-bond donors (Lipinski definition) is 0. The fourth-order valence-corrected chi connectivity index (χ4v) is 4.59. The van der Waals surface area contributed by atoms with E-state index in [9.17, 15) is 24.5 Å². The van der Waals surface area contributed by atoms with Crippen molar-refractivity contribution >= 4 is 52.2 Å². The Bertz CT molecular complexity index is 1510. The van der Waals surface area contributed by atoms with E-state index in [1.54, 1.807) is 36.4 Å². The summed E-state index contributed by atoms with van der Waals surface area (Å²) in [4.78, 5) is 49.3. The first-order valence-electron chi connectivity index (χ1n) is 11.6. The maximum absolute atomic E-state index is 12.9. The van der Waals surface area contributed by atoms with Crippen molar-refractivity contribution in [1.82, 2.24) is 4.90 Å². The molecule has 206 valence electrons. The Morgan fingerprint density at radius 1 is 1.02 bits per heavy atom. The van der Waals surface area contributed by atoms with Crippen molar-refractivity contribution in [1.29, 1.82) is 0 Å². The van der Waals surface area contributed by atoms with E-state index in [-0.39, 0.29) is 40.9 Å². The molecule has 0 radical (unpaired) electrons. The zero-order valence-corrected chi connectivity index (χ0v) is 22.7. The van der Waals surface area contributed by atoms with Crippen LogP contribution in [0.1, 0.15) is 15.9 Å². The molecule has 4 rings (SSSR count). The molecule has 13 heteroatoms. The molecular weight excluding hydrogens is 564 g/mol. The second-order valence-corrected chi connectivity index (χ2v) is 9.51. The van der Waals surface area contributed by atoms with Crippen molar-refractivity contribution in [3.63, 3.8) is 0 Å². The second kappa shape index (κ2) is 12.5. The highest BCUT2D eigenvalue weighted by Crippen LogP contribution is 2.39. The Kier molecular flexibility index (Phi) is 8.92. The molecule has 0 aliphatic carbocycles. The van der Waals surface area contributed by atoms with Crippen LogP contribution in [0.25, 0.3) is 6.08 Å². The number of ether oxygens (including phenoxy) is 4. The van der Waals surface area contributed by atoms with E-state index in [0.717, 1.165) is 22.7 Å². The summed E-state index contributed by atoms with van der Waals surface area (Å²) in [5, 5.41) is 11.7. The van der Waals surface area contributed by atoms with Crippen LogP contribution in [0.15, 0.2) is 65.6 Å². The number of halogens is 1. The van der Waals surface area contributed by atoms with Gasteiger partial charge in [0.15, 0.2) is 11.5 Å². The number of thioether (sulfide) groups is 1. The summed E-state index contributed by atoms with van der Waals surface area (Å²) in [7, 11) is 2.55. The van der Waals surface area contributed by atoms with Crippen LogP contribution in [-0.2, 0) is 9.53 Å². The van der Waals surface area contributed by atoms with Crippen molar-refractivity contribution < 1.29 is 38.3 Å². The molecule has 1 aliphatic heterocycles. The van der Waals surface area contributed by atoms with Gasteiger partial charge in [0.2, 0.25) is 5.75 Å². The van der Waals surface area contributed by atoms with Crippen LogP contribution in [0.4, 0.5) is 10.5 Å². The summed E-state index contributed by atoms with van der Waals surface area (Å²) >= 11 is 6.65. The van der Waals surface area contributed by atoms with Gasteiger partial charge in [-0.05, 0) is 71.9 Å². The van der Waals surface area contributed by atoms with Crippen LogP contribution < -0.4 is 14.2 Å². The maximum atomic E-state index is 12.9. The highest BCUT2D eigenvalue weighted by Gasteiger charge is 2.35. The standard InChI is InChI=1S/C27H21ClN2O9S/c1-36-23-13-16(3-9-22(23)39-21-10-4-17(26(32)37-2)15-20(21)30(34)35)14-24-25(31)29(27(33)40-24)11-12-38-19-7-5-18(28)6-8-19/h3-10,13-15H,11-12H2,1-2H3/b24-14-. The number of hydrogen-bond acceptors (Lipinski definition) is 10. The fraction of sp³-hybridized carbons (Fsp3) is 0.148. The predicted molar refractivity (Wildman–Crippen MR) is 147 cm³/mol. The molecule has 0 atom stereocenters. The van der Waals surface area contributed by atoms with E-state index >= 15 is 0 Å². The highest BCUT2D eigenvalue weighted by molar-refractivity contribution is 8.18. The van der Waals surface area contributed by atoms with E-state index in [1.807, 2.05) is 0 Å². The average molecular weight is 585 g/mol. The number of esters is 1. The van der Waals surface area contributed by atoms with Gasteiger partial charge in [0, 0.05) is 11.1 Å². The smallest absolute Gasteiger partial charge is 0.338 e. The molecule has 40 heavy (non-hydrogen) atoms. The van der Waals surface area contributed by atoms with Crippen molar-refractivity contribution in [3.05, 3.63) is 91.8 Å². The molecule has 0 N–H and O–H groups in total. The molecule has 1 saturated heterocycles. The maximum Gasteiger partial charge on any atom is 0.338 e. The molecular formula is C27H21ClN2O9S. The van der Waals surface area contributed by atoms with Crippen molar-refractivity contribution in [2.75, 3.05) is 27.4 Å². The minimum Gasteiger partial charge on any atom is -0.493 e. The third kappa shape index (κ3) is 6.53. The lowest BCUT2D eigenvalue weighted by molar-refractivity contribution is -0.385.